The van der Waals surface area contributed by atoms with Crippen molar-refractivity contribution in [1.82, 2.24) is 19.9 Å². The SMILES string of the molecule is NS(=O)(=O)CCNc1cc(Cl)nn2c(-c3ccc(C(=O)NC4CC4)cc3)cnc12. The lowest BCUT2D eigenvalue weighted by Gasteiger charge is -2.09. The number of amides is 1. The minimum atomic E-state index is -3.58. The molecule has 1 aliphatic carbocycles. The Labute approximate surface area is 172 Å². The molecule has 0 atom stereocenters. The second kappa shape index (κ2) is 7.62. The summed E-state index contributed by atoms with van der Waals surface area (Å²) in [6.45, 7) is 0.113. The summed E-state index contributed by atoms with van der Waals surface area (Å²) >= 11 is 6.13. The third-order valence-electron chi connectivity index (χ3n) is 4.50. The molecule has 0 radical (unpaired) electrons. The fraction of sp³-hybridized carbons (Fsp3) is 0.278. The molecule has 0 spiro atoms. The van der Waals surface area contributed by atoms with Crippen LogP contribution < -0.4 is 15.8 Å². The predicted molar refractivity (Wildman–Crippen MR) is 110 cm³/mol. The summed E-state index contributed by atoms with van der Waals surface area (Å²) in [5, 5.41) is 15.5. The number of imidazole rings is 1. The monoisotopic (exact) mass is 434 g/mol. The van der Waals surface area contributed by atoms with Gasteiger partial charge in [0.1, 0.15) is 0 Å². The van der Waals surface area contributed by atoms with Crippen LogP contribution in [-0.4, -0.2) is 47.3 Å². The molecular weight excluding hydrogens is 416 g/mol. The van der Waals surface area contributed by atoms with Gasteiger partial charge in [-0.3, -0.25) is 4.79 Å². The molecule has 0 saturated heterocycles. The Hall–Kier alpha value is -2.69. The fourth-order valence-electron chi connectivity index (χ4n) is 2.88. The maximum absolute atomic E-state index is 12.1. The average molecular weight is 435 g/mol. The molecule has 1 fully saturated rings. The first kappa shape index (κ1) is 19.6. The Kier molecular flexibility index (Phi) is 5.15. The number of nitrogens with zero attached hydrogens (tertiary/aromatic N) is 3. The summed E-state index contributed by atoms with van der Waals surface area (Å²) in [6.07, 6.45) is 3.71. The molecule has 1 saturated carbocycles. The van der Waals surface area contributed by atoms with E-state index in [0.29, 0.717) is 28.6 Å². The van der Waals surface area contributed by atoms with E-state index in [1.54, 1.807) is 28.9 Å². The maximum Gasteiger partial charge on any atom is 0.251 e. The Morgan fingerprint density at radius 3 is 2.66 bits per heavy atom. The number of nitrogens with one attached hydrogen (secondary N) is 2. The van der Waals surface area contributed by atoms with Gasteiger partial charge >= 0.3 is 0 Å². The van der Waals surface area contributed by atoms with Crippen molar-refractivity contribution in [1.29, 1.82) is 0 Å². The molecule has 1 aromatic carbocycles. The topological polar surface area (TPSA) is 131 Å². The number of hydrogen-bond donors (Lipinski definition) is 3. The second-order valence-electron chi connectivity index (χ2n) is 6.88. The molecule has 152 valence electrons. The third-order valence-corrected chi connectivity index (χ3v) is 5.45. The van der Waals surface area contributed by atoms with E-state index in [0.717, 1.165) is 18.4 Å². The molecule has 11 heteroatoms. The summed E-state index contributed by atoms with van der Waals surface area (Å²) in [7, 11) is -3.58. The van der Waals surface area contributed by atoms with Gasteiger partial charge in [0.15, 0.2) is 10.8 Å². The van der Waals surface area contributed by atoms with E-state index in [9.17, 15) is 13.2 Å². The smallest absolute Gasteiger partial charge is 0.251 e. The van der Waals surface area contributed by atoms with Gasteiger partial charge < -0.3 is 10.6 Å². The zero-order valence-electron chi connectivity index (χ0n) is 15.3. The lowest BCUT2D eigenvalue weighted by molar-refractivity contribution is 0.0951. The van der Waals surface area contributed by atoms with E-state index in [2.05, 4.69) is 20.7 Å². The summed E-state index contributed by atoms with van der Waals surface area (Å²) in [5.41, 5.74) is 3.12. The van der Waals surface area contributed by atoms with Crippen LogP contribution in [-0.2, 0) is 10.0 Å². The molecule has 0 unspecified atom stereocenters. The number of aromatic nitrogens is 3. The molecule has 4 N–H and O–H groups in total. The van der Waals surface area contributed by atoms with Crippen molar-refractivity contribution in [2.75, 3.05) is 17.6 Å². The summed E-state index contributed by atoms with van der Waals surface area (Å²) in [5.74, 6) is -0.309. The lowest BCUT2D eigenvalue weighted by atomic mass is 10.1. The normalized spacial score (nSPS) is 14.1. The lowest BCUT2D eigenvalue weighted by Crippen LogP contribution is -2.25. The van der Waals surface area contributed by atoms with Crippen LogP contribution >= 0.6 is 11.6 Å². The van der Waals surface area contributed by atoms with Gasteiger partial charge in [-0.2, -0.15) is 5.10 Å². The van der Waals surface area contributed by atoms with E-state index in [4.69, 9.17) is 16.7 Å². The zero-order valence-corrected chi connectivity index (χ0v) is 16.9. The van der Waals surface area contributed by atoms with Crippen LogP contribution in [0, 0.1) is 0 Å². The van der Waals surface area contributed by atoms with E-state index in [-0.39, 0.29) is 23.4 Å². The van der Waals surface area contributed by atoms with Crippen LogP contribution in [0.1, 0.15) is 23.2 Å². The average Bonchev–Trinajstić information content (AvgIpc) is 3.37. The molecule has 9 nitrogen and oxygen atoms in total. The number of rotatable bonds is 7. The quantitative estimate of drug-likeness (QED) is 0.518. The highest BCUT2D eigenvalue weighted by molar-refractivity contribution is 7.89. The molecule has 0 bridgehead atoms. The van der Waals surface area contributed by atoms with Crippen molar-refractivity contribution >= 4 is 38.9 Å². The number of hydrogen-bond acceptors (Lipinski definition) is 6. The number of carbonyl (C=O) groups is 1. The van der Waals surface area contributed by atoms with Crippen LogP contribution in [0.3, 0.4) is 0 Å². The highest BCUT2D eigenvalue weighted by Gasteiger charge is 2.23. The van der Waals surface area contributed by atoms with Gasteiger partial charge in [0.25, 0.3) is 5.91 Å². The van der Waals surface area contributed by atoms with Crippen LogP contribution in [0.4, 0.5) is 5.69 Å². The molecule has 0 aliphatic heterocycles. The number of nitrogens with two attached hydrogens (primary N) is 1. The number of fused-ring (bicyclic) bond motifs is 1. The number of carbonyl (C=O) groups excluding carboxylic acids is 1. The number of benzene rings is 1. The highest BCUT2D eigenvalue weighted by atomic mass is 35.5. The van der Waals surface area contributed by atoms with Crippen molar-refractivity contribution in [2.45, 2.75) is 18.9 Å². The predicted octanol–water partition coefficient (Wildman–Crippen LogP) is 1.64. The van der Waals surface area contributed by atoms with Crippen molar-refractivity contribution in [3.63, 3.8) is 0 Å². The number of sulfonamides is 1. The Bertz CT molecular complexity index is 1170. The van der Waals surface area contributed by atoms with Crippen LogP contribution in [0.5, 0.6) is 0 Å². The van der Waals surface area contributed by atoms with E-state index >= 15 is 0 Å². The van der Waals surface area contributed by atoms with E-state index in [1.807, 2.05) is 12.1 Å². The summed E-state index contributed by atoms with van der Waals surface area (Å²) < 4.78 is 23.8. The molecule has 3 aromatic rings. The summed E-state index contributed by atoms with van der Waals surface area (Å²) in [6, 6.07) is 9.02. The Morgan fingerprint density at radius 2 is 2.00 bits per heavy atom. The van der Waals surface area contributed by atoms with Crippen LogP contribution in [0.15, 0.2) is 36.5 Å². The van der Waals surface area contributed by atoms with Gasteiger partial charge in [-0.1, -0.05) is 23.7 Å². The largest absolute Gasteiger partial charge is 0.381 e. The van der Waals surface area contributed by atoms with E-state index in [1.165, 1.54) is 0 Å². The number of halogens is 1. The van der Waals surface area contributed by atoms with Crippen LogP contribution in [0.25, 0.3) is 16.9 Å². The zero-order chi connectivity index (χ0) is 20.6. The minimum Gasteiger partial charge on any atom is -0.381 e. The fourth-order valence-corrected chi connectivity index (χ4v) is 3.45. The minimum absolute atomic E-state index is 0.0836. The van der Waals surface area contributed by atoms with Gasteiger partial charge in [-0.05, 0) is 25.0 Å². The second-order valence-corrected chi connectivity index (χ2v) is 9.00. The van der Waals surface area contributed by atoms with Gasteiger partial charge in [-0.25, -0.2) is 23.1 Å². The molecule has 2 heterocycles. The highest BCUT2D eigenvalue weighted by Crippen LogP contribution is 2.26. The summed E-state index contributed by atoms with van der Waals surface area (Å²) in [4.78, 5) is 16.5. The molecule has 29 heavy (non-hydrogen) atoms. The van der Waals surface area contributed by atoms with Gasteiger partial charge in [0.05, 0.1) is 23.3 Å². The molecule has 2 aromatic heterocycles. The first-order valence-electron chi connectivity index (χ1n) is 9.00. The third kappa shape index (κ3) is 4.66. The first-order valence-corrected chi connectivity index (χ1v) is 11.1. The van der Waals surface area contributed by atoms with E-state index < -0.39 is 10.0 Å². The van der Waals surface area contributed by atoms with Gasteiger partial charge in [-0.15, -0.1) is 0 Å². The Balaban J connectivity index is 1.60. The standard InChI is InChI=1S/C18H19ClN6O3S/c19-16-9-14(21-7-8-29(20,27)28)17-22-10-15(25(17)24-16)11-1-3-12(4-2-11)18(26)23-13-5-6-13/h1-4,9-10,13,21H,5-8H2,(H,23,26)(H2,20,27,28). The van der Waals surface area contributed by atoms with Crippen molar-refractivity contribution in [3.05, 3.63) is 47.2 Å². The molecular formula is C18H19ClN6O3S. The first-order chi connectivity index (χ1) is 13.8. The van der Waals surface area contributed by atoms with Crippen LogP contribution in [0.2, 0.25) is 5.15 Å². The van der Waals surface area contributed by atoms with Crippen molar-refractivity contribution in [2.24, 2.45) is 5.14 Å². The van der Waals surface area contributed by atoms with Gasteiger partial charge in [0.2, 0.25) is 10.0 Å². The van der Waals surface area contributed by atoms with Crippen molar-refractivity contribution < 1.29 is 13.2 Å². The number of anilines is 1. The molecule has 1 amide bonds. The molecule has 1 aliphatic rings. The number of primary sulfonamides is 1. The van der Waals surface area contributed by atoms with Crippen molar-refractivity contribution in [3.8, 4) is 11.3 Å². The maximum atomic E-state index is 12.1. The van der Waals surface area contributed by atoms with Gasteiger partial charge in [0, 0.05) is 29.8 Å². The Morgan fingerprint density at radius 1 is 1.28 bits per heavy atom. The molecule has 4 rings (SSSR count).